The Bertz CT molecular complexity index is 442. The molecule has 0 aromatic carbocycles. The van der Waals surface area contributed by atoms with Crippen LogP contribution in [0.15, 0.2) is 23.3 Å². The van der Waals surface area contributed by atoms with Gasteiger partial charge < -0.3 is 20.9 Å². The summed E-state index contributed by atoms with van der Waals surface area (Å²) >= 11 is 0. The monoisotopic (exact) mass is 390 g/mol. The van der Waals surface area contributed by atoms with Crippen LogP contribution in [-0.4, -0.2) is 56.1 Å². The van der Waals surface area contributed by atoms with Crippen LogP contribution in [0.2, 0.25) is 0 Å². The highest BCUT2D eigenvalue weighted by Gasteiger charge is 2.15. The van der Waals surface area contributed by atoms with Gasteiger partial charge in [-0.05, 0) is 24.7 Å². The number of pyridine rings is 1. The molecule has 112 valence electrons. The van der Waals surface area contributed by atoms with E-state index in [-0.39, 0.29) is 24.0 Å². The zero-order valence-corrected chi connectivity index (χ0v) is 14.4. The fourth-order valence-electron chi connectivity index (χ4n) is 2.05. The van der Waals surface area contributed by atoms with Gasteiger partial charge in [0.1, 0.15) is 5.82 Å². The van der Waals surface area contributed by atoms with Gasteiger partial charge in [0.15, 0.2) is 5.96 Å². The van der Waals surface area contributed by atoms with Crippen LogP contribution in [0.3, 0.4) is 0 Å². The number of piperazine rings is 1. The van der Waals surface area contributed by atoms with Crippen LogP contribution >= 0.6 is 24.0 Å². The molecule has 2 heterocycles. The van der Waals surface area contributed by atoms with Crippen LogP contribution in [0.5, 0.6) is 0 Å². The van der Waals surface area contributed by atoms with E-state index in [9.17, 15) is 0 Å². The standard InChI is InChI=1S/C13H22N6.HI/c1-15-13(14)17-10-11-3-4-16-12(9-11)19-7-5-18(2)6-8-19;/h3-4,9H,5-8,10H2,1-2H3,(H3,14,15,17);1H. The number of hydrogen-bond acceptors (Lipinski definition) is 4. The lowest BCUT2D eigenvalue weighted by atomic mass is 10.2. The van der Waals surface area contributed by atoms with Crippen molar-refractivity contribution in [1.29, 1.82) is 0 Å². The molecule has 2 rings (SSSR count). The molecule has 1 fully saturated rings. The van der Waals surface area contributed by atoms with Crippen molar-refractivity contribution in [2.45, 2.75) is 6.54 Å². The first-order valence-corrected chi connectivity index (χ1v) is 6.53. The molecular weight excluding hydrogens is 367 g/mol. The predicted octanol–water partition coefficient (Wildman–Crippen LogP) is 0.486. The lowest BCUT2D eigenvalue weighted by Gasteiger charge is -2.33. The maximum Gasteiger partial charge on any atom is 0.188 e. The van der Waals surface area contributed by atoms with Crippen molar-refractivity contribution >= 4 is 35.8 Å². The van der Waals surface area contributed by atoms with Gasteiger partial charge in [-0.2, -0.15) is 0 Å². The summed E-state index contributed by atoms with van der Waals surface area (Å²) in [6, 6.07) is 4.11. The smallest absolute Gasteiger partial charge is 0.188 e. The number of hydrogen-bond donors (Lipinski definition) is 2. The average Bonchev–Trinajstić information content (AvgIpc) is 2.46. The summed E-state index contributed by atoms with van der Waals surface area (Å²) in [6.07, 6.45) is 1.85. The van der Waals surface area contributed by atoms with Crippen LogP contribution in [0.25, 0.3) is 0 Å². The summed E-state index contributed by atoms with van der Waals surface area (Å²) < 4.78 is 0. The molecule has 1 aliphatic rings. The van der Waals surface area contributed by atoms with Crippen molar-refractivity contribution in [2.75, 3.05) is 45.2 Å². The minimum atomic E-state index is 0. The maximum atomic E-state index is 5.62. The second kappa shape index (κ2) is 8.25. The predicted molar refractivity (Wildman–Crippen MR) is 93.7 cm³/mol. The molecule has 1 aromatic heterocycles. The largest absolute Gasteiger partial charge is 0.370 e. The van der Waals surface area contributed by atoms with E-state index in [4.69, 9.17) is 5.73 Å². The first-order valence-electron chi connectivity index (χ1n) is 6.53. The summed E-state index contributed by atoms with van der Waals surface area (Å²) in [6.45, 7) is 4.89. The zero-order chi connectivity index (χ0) is 13.7. The molecule has 1 aromatic rings. The number of likely N-dealkylation sites (N-methyl/N-ethyl adjacent to an activating group) is 1. The van der Waals surface area contributed by atoms with E-state index in [1.54, 1.807) is 7.05 Å². The van der Waals surface area contributed by atoms with Gasteiger partial charge in [-0.1, -0.05) is 0 Å². The van der Waals surface area contributed by atoms with E-state index in [0.29, 0.717) is 12.5 Å². The van der Waals surface area contributed by atoms with Crippen LogP contribution < -0.4 is 16.0 Å². The van der Waals surface area contributed by atoms with Gasteiger partial charge in [-0.15, -0.1) is 24.0 Å². The minimum absolute atomic E-state index is 0. The number of rotatable bonds is 3. The molecular formula is C13H23IN6. The van der Waals surface area contributed by atoms with Crippen molar-refractivity contribution in [2.24, 2.45) is 10.7 Å². The maximum absolute atomic E-state index is 5.62. The number of aromatic nitrogens is 1. The molecule has 0 spiro atoms. The van der Waals surface area contributed by atoms with E-state index in [1.807, 2.05) is 12.3 Å². The number of nitrogens with two attached hydrogens (primary N) is 1. The average molecular weight is 390 g/mol. The normalized spacial score (nSPS) is 16.7. The molecule has 1 saturated heterocycles. The zero-order valence-electron chi connectivity index (χ0n) is 12.0. The summed E-state index contributed by atoms with van der Waals surface area (Å²) in [5.74, 6) is 1.50. The minimum Gasteiger partial charge on any atom is -0.370 e. The van der Waals surface area contributed by atoms with Crippen LogP contribution in [0.1, 0.15) is 5.56 Å². The first-order chi connectivity index (χ1) is 9.19. The van der Waals surface area contributed by atoms with Gasteiger partial charge in [0, 0.05) is 46.0 Å². The highest BCUT2D eigenvalue weighted by atomic mass is 127. The van der Waals surface area contributed by atoms with Crippen molar-refractivity contribution < 1.29 is 0 Å². The van der Waals surface area contributed by atoms with E-state index in [0.717, 1.165) is 37.6 Å². The third-order valence-electron chi connectivity index (χ3n) is 3.35. The van der Waals surface area contributed by atoms with Crippen molar-refractivity contribution in [3.05, 3.63) is 23.9 Å². The van der Waals surface area contributed by atoms with E-state index in [1.165, 1.54) is 0 Å². The summed E-state index contributed by atoms with van der Waals surface area (Å²) in [5, 5.41) is 3.06. The quantitative estimate of drug-likeness (QED) is 0.447. The highest BCUT2D eigenvalue weighted by Crippen LogP contribution is 2.14. The van der Waals surface area contributed by atoms with E-state index < -0.39 is 0 Å². The number of halogens is 1. The van der Waals surface area contributed by atoms with Gasteiger partial charge in [-0.3, -0.25) is 4.99 Å². The van der Waals surface area contributed by atoms with Gasteiger partial charge >= 0.3 is 0 Å². The van der Waals surface area contributed by atoms with E-state index >= 15 is 0 Å². The van der Waals surface area contributed by atoms with Gasteiger partial charge in [0.2, 0.25) is 0 Å². The summed E-state index contributed by atoms with van der Waals surface area (Å²) in [4.78, 5) is 13.0. The van der Waals surface area contributed by atoms with Crippen molar-refractivity contribution in [3.63, 3.8) is 0 Å². The second-order valence-corrected chi connectivity index (χ2v) is 4.78. The Balaban J connectivity index is 0.00000200. The molecule has 0 radical (unpaired) electrons. The second-order valence-electron chi connectivity index (χ2n) is 4.78. The molecule has 0 saturated carbocycles. The third-order valence-corrected chi connectivity index (χ3v) is 3.35. The van der Waals surface area contributed by atoms with Gasteiger partial charge in [0.05, 0.1) is 0 Å². The Labute approximate surface area is 137 Å². The molecule has 0 unspecified atom stereocenters. The number of nitrogens with one attached hydrogen (secondary N) is 1. The van der Waals surface area contributed by atoms with Crippen molar-refractivity contribution in [3.8, 4) is 0 Å². The lowest BCUT2D eigenvalue weighted by molar-refractivity contribution is 0.312. The van der Waals surface area contributed by atoms with Crippen LogP contribution in [0, 0.1) is 0 Å². The number of nitrogens with zero attached hydrogens (tertiary/aromatic N) is 4. The number of aliphatic imine (C=N–C) groups is 1. The van der Waals surface area contributed by atoms with Crippen LogP contribution in [0.4, 0.5) is 5.82 Å². The van der Waals surface area contributed by atoms with Crippen LogP contribution in [-0.2, 0) is 6.54 Å². The SMILES string of the molecule is CN=C(N)NCc1ccnc(N2CCN(C)CC2)c1.I. The third kappa shape index (κ3) is 4.78. The lowest BCUT2D eigenvalue weighted by Crippen LogP contribution is -2.44. The molecule has 20 heavy (non-hydrogen) atoms. The van der Waals surface area contributed by atoms with E-state index in [2.05, 4.69) is 38.2 Å². The topological polar surface area (TPSA) is 69.8 Å². The fourth-order valence-corrected chi connectivity index (χ4v) is 2.05. The molecule has 0 atom stereocenters. The molecule has 6 nitrogen and oxygen atoms in total. The molecule has 1 aliphatic heterocycles. The highest BCUT2D eigenvalue weighted by molar-refractivity contribution is 14.0. The molecule has 0 bridgehead atoms. The van der Waals surface area contributed by atoms with Gasteiger partial charge in [0.25, 0.3) is 0 Å². The number of guanidine groups is 1. The molecule has 0 amide bonds. The number of anilines is 1. The van der Waals surface area contributed by atoms with Crippen molar-refractivity contribution in [1.82, 2.24) is 15.2 Å². The molecule has 0 aliphatic carbocycles. The molecule has 7 heteroatoms. The Hall–Kier alpha value is -1.09. The van der Waals surface area contributed by atoms with Gasteiger partial charge in [-0.25, -0.2) is 4.98 Å². The Morgan fingerprint density at radius 3 is 2.75 bits per heavy atom. The first kappa shape index (κ1) is 17.0. The Morgan fingerprint density at radius 1 is 1.40 bits per heavy atom. The Kier molecular flexibility index (Phi) is 7.00. The molecule has 3 N–H and O–H groups in total. The Morgan fingerprint density at radius 2 is 2.10 bits per heavy atom. The summed E-state index contributed by atoms with van der Waals surface area (Å²) in [5.41, 5.74) is 6.79. The summed E-state index contributed by atoms with van der Waals surface area (Å²) in [7, 11) is 3.82. The fraction of sp³-hybridized carbons (Fsp3) is 0.538.